The van der Waals surface area contributed by atoms with Crippen molar-refractivity contribution in [1.82, 2.24) is 15.5 Å². The van der Waals surface area contributed by atoms with Crippen LogP contribution in [0.15, 0.2) is 47.2 Å². The summed E-state index contributed by atoms with van der Waals surface area (Å²) in [5, 5.41) is 9.20. The lowest BCUT2D eigenvalue weighted by Gasteiger charge is -2.25. The fraction of sp³-hybridized carbons (Fsp3) is 0.294. The van der Waals surface area contributed by atoms with E-state index < -0.39 is 11.8 Å². The van der Waals surface area contributed by atoms with Crippen LogP contribution < -0.4 is 10.6 Å². The van der Waals surface area contributed by atoms with Gasteiger partial charge in [0.2, 0.25) is 0 Å². The molecule has 2 N–H and O–H groups in total. The molecule has 5 nitrogen and oxygen atoms in total. The molecule has 1 aromatic heterocycles. The molecular formula is C17H21N3O2S. The van der Waals surface area contributed by atoms with Gasteiger partial charge in [-0.15, -0.1) is 0 Å². The molecule has 1 unspecified atom stereocenters. The van der Waals surface area contributed by atoms with Gasteiger partial charge >= 0.3 is 11.8 Å². The van der Waals surface area contributed by atoms with Crippen LogP contribution in [0.2, 0.25) is 0 Å². The molecule has 1 atom stereocenters. The third-order valence-corrected chi connectivity index (χ3v) is 4.24. The van der Waals surface area contributed by atoms with Crippen LogP contribution in [0.25, 0.3) is 0 Å². The molecule has 0 bridgehead atoms. The van der Waals surface area contributed by atoms with Crippen LogP contribution in [-0.2, 0) is 16.1 Å². The van der Waals surface area contributed by atoms with E-state index in [1.807, 2.05) is 66.2 Å². The SMILES string of the molecule is CN(C)C(CNC(=O)C(=O)NCc1ccsc1)c1ccccc1. The first kappa shape index (κ1) is 17.2. The van der Waals surface area contributed by atoms with Gasteiger partial charge in [0.1, 0.15) is 0 Å². The zero-order valence-electron chi connectivity index (χ0n) is 13.3. The van der Waals surface area contributed by atoms with Crippen molar-refractivity contribution in [2.24, 2.45) is 0 Å². The number of hydrogen-bond donors (Lipinski definition) is 2. The molecule has 0 aliphatic carbocycles. The number of rotatable bonds is 6. The van der Waals surface area contributed by atoms with E-state index in [1.165, 1.54) is 0 Å². The number of nitrogens with zero attached hydrogens (tertiary/aromatic N) is 1. The standard InChI is InChI=1S/C17H21N3O2S/c1-20(2)15(14-6-4-3-5-7-14)11-19-17(22)16(21)18-10-13-8-9-23-12-13/h3-9,12,15H,10-11H2,1-2H3,(H,18,21)(H,19,22). The van der Waals surface area contributed by atoms with Crippen molar-refractivity contribution in [2.45, 2.75) is 12.6 Å². The highest BCUT2D eigenvalue weighted by molar-refractivity contribution is 7.07. The first-order valence-electron chi connectivity index (χ1n) is 7.36. The summed E-state index contributed by atoms with van der Waals surface area (Å²) in [5.74, 6) is -1.22. The molecule has 0 saturated heterocycles. The number of carbonyl (C=O) groups excluding carboxylic acids is 2. The Labute approximate surface area is 140 Å². The van der Waals surface area contributed by atoms with Crippen LogP contribution in [0.4, 0.5) is 0 Å². The highest BCUT2D eigenvalue weighted by Crippen LogP contribution is 2.16. The first-order chi connectivity index (χ1) is 11.1. The van der Waals surface area contributed by atoms with Crippen LogP contribution in [0.5, 0.6) is 0 Å². The number of likely N-dealkylation sites (N-methyl/N-ethyl adjacent to an activating group) is 1. The van der Waals surface area contributed by atoms with E-state index in [0.29, 0.717) is 13.1 Å². The van der Waals surface area contributed by atoms with Crippen molar-refractivity contribution >= 4 is 23.2 Å². The van der Waals surface area contributed by atoms with Gasteiger partial charge in [0, 0.05) is 13.1 Å². The van der Waals surface area contributed by atoms with Crippen LogP contribution in [0.1, 0.15) is 17.2 Å². The molecule has 2 aromatic rings. The van der Waals surface area contributed by atoms with E-state index in [0.717, 1.165) is 11.1 Å². The van der Waals surface area contributed by atoms with Gasteiger partial charge in [0.15, 0.2) is 0 Å². The van der Waals surface area contributed by atoms with Crippen molar-refractivity contribution < 1.29 is 9.59 Å². The Balaban J connectivity index is 1.85. The van der Waals surface area contributed by atoms with Gasteiger partial charge in [-0.3, -0.25) is 9.59 Å². The zero-order valence-corrected chi connectivity index (χ0v) is 14.1. The number of amides is 2. The second kappa shape index (κ2) is 8.45. The van der Waals surface area contributed by atoms with E-state index in [9.17, 15) is 9.59 Å². The summed E-state index contributed by atoms with van der Waals surface area (Å²) >= 11 is 1.56. The number of thiophene rings is 1. The number of hydrogen-bond acceptors (Lipinski definition) is 4. The van der Waals surface area contributed by atoms with E-state index >= 15 is 0 Å². The summed E-state index contributed by atoms with van der Waals surface area (Å²) in [7, 11) is 3.89. The maximum atomic E-state index is 11.9. The summed E-state index contributed by atoms with van der Waals surface area (Å²) in [6, 6.07) is 11.8. The van der Waals surface area contributed by atoms with Gasteiger partial charge < -0.3 is 15.5 Å². The molecule has 0 aliphatic rings. The van der Waals surface area contributed by atoms with Crippen molar-refractivity contribution in [1.29, 1.82) is 0 Å². The Morgan fingerprint density at radius 2 is 1.78 bits per heavy atom. The molecule has 0 fully saturated rings. The lowest BCUT2D eigenvalue weighted by molar-refractivity contribution is -0.139. The Hall–Kier alpha value is -2.18. The fourth-order valence-electron chi connectivity index (χ4n) is 2.20. The van der Waals surface area contributed by atoms with Gasteiger partial charge in [0.05, 0.1) is 6.04 Å². The number of carbonyl (C=O) groups is 2. The van der Waals surface area contributed by atoms with Crippen molar-refractivity contribution in [3.8, 4) is 0 Å². The molecule has 0 saturated carbocycles. The molecule has 6 heteroatoms. The third kappa shape index (κ3) is 5.19. The van der Waals surface area contributed by atoms with E-state index in [2.05, 4.69) is 10.6 Å². The maximum Gasteiger partial charge on any atom is 0.309 e. The lowest BCUT2D eigenvalue weighted by atomic mass is 10.1. The van der Waals surface area contributed by atoms with Crippen molar-refractivity contribution in [2.75, 3.05) is 20.6 Å². The summed E-state index contributed by atoms with van der Waals surface area (Å²) in [4.78, 5) is 25.8. The maximum absolute atomic E-state index is 11.9. The van der Waals surface area contributed by atoms with Crippen molar-refractivity contribution in [3.05, 3.63) is 58.3 Å². The molecule has 1 aromatic carbocycles. The summed E-state index contributed by atoms with van der Waals surface area (Å²) < 4.78 is 0. The molecular weight excluding hydrogens is 310 g/mol. The zero-order chi connectivity index (χ0) is 16.7. The molecule has 2 amide bonds. The average molecular weight is 331 g/mol. The van der Waals surface area contributed by atoms with E-state index in [1.54, 1.807) is 11.3 Å². The second-order valence-corrected chi connectivity index (χ2v) is 6.19. The smallest absolute Gasteiger partial charge is 0.309 e. The summed E-state index contributed by atoms with van der Waals surface area (Å²) in [6.45, 7) is 0.743. The number of benzene rings is 1. The normalized spacial score (nSPS) is 12.0. The lowest BCUT2D eigenvalue weighted by Crippen LogP contribution is -2.42. The van der Waals surface area contributed by atoms with Gasteiger partial charge in [-0.1, -0.05) is 30.3 Å². The Morgan fingerprint density at radius 1 is 1.09 bits per heavy atom. The Morgan fingerprint density at radius 3 is 2.39 bits per heavy atom. The predicted octanol–water partition coefficient (Wildman–Crippen LogP) is 1.78. The molecule has 23 heavy (non-hydrogen) atoms. The Bertz CT molecular complexity index is 627. The Kier molecular flexibility index (Phi) is 6.31. The van der Waals surface area contributed by atoms with Gasteiger partial charge in [-0.25, -0.2) is 0 Å². The molecule has 1 heterocycles. The fourth-order valence-corrected chi connectivity index (χ4v) is 2.87. The molecule has 0 spiro atoms. The summed E-state index contributed by atoms with van der Waals surface area (Å²) in [5.41, 5.74) is 2.09. The van der Waals surface area contributed by atoms with Crippen LogP contribution in [0, 0.1) is 0 Å². The van der Waals surface area contributed by atoms with Crippen LogP contribution in [0.3, 0.4) is 0 Å². The molecule has 0 aliphatic heterocycles. The monoisotopic (exact) mass is 331 g/mol. The van der Waals surface area contributed by atoms with Crippen LogP contribution >= 0.6 is 11.3 Å². The molecule has 122 valence electrons. The first-order valence-corrected chi connectivity index (χ1v) is 8.30. The average Bonchev–Trinajstić information content (AvgIpc) is 3.06. The van der Waals surface area contributed by atoms with Gasteiger partial charge in [-0.2, -0.15) is 11.3 Å². The minimum Gasteiger partial charge on any atom is -0.346 e. The molecule has 0 radical (unpaired) electrons. The third-order valence-electron chi connectivity index (χ3n) is 3.50. The minimum absolute atomic E-state index is 0.0184. The largest absolute Gasteiger partial charge is 0.346 e. The van der Waals surface area contributed by atoms with Crippen LogP contribution in [-0.4, -0.2) is 37.4 Å². The highest BCUT2D eigenvalue weighted by Gasteiger charge is 2.18. The second-order valence-electron chi connectivity index (χ2n) is 5.41. The van der Waals surface area contributed by atoms with Crippen molar-refractivity contribution in [3.63, 3.8) is 0 Å². The minimum atomic E-state index is -0.609. The number of nitrogens with one attached hydrogen (secondary N) is 2. The van der Waals surface area contributed by atoms with Gasteiger partial charge in [-0.05, 0) is 42.0 Å². The van der Waals surface area contributed by atoms with E-state index in [4.69, 9.17) is 0 Å². The van der Waals surface area contributed by atoms with Gasteiger partial charge in [0.25, 0.3) is 0 Å². The topological polar surface area (TPSA) is 61.4 Å². The highest BCUT2D eigenvalue weighted by atomic mass is 32.1. The predicted molar refractivity (Wildman–Crippen MR) is 92.0 cm³/mol. The van der Waals surface area contributed by atoms with E-state index in [-0.39, 0.29) is 6.04 Å². The quantitative estimate of drug-likeness (QED) is 0.793. The molecule has 2 rings (SSSR count). The summed E-state index contributed by atoms with van der Waals surface area (Å²) in [6.07, 6.45) is 0.